The lowest BCUT2D eigenvalue weighted by atomic mass is 10.0. The van der Waals surface area contributed by atoms with Crippen molar-refractivity contribution >= 4 is 28.6 Å². The van der Waals surface area contributed by atoms with Gasteiger partial charge in [0.1, 0.15) is 0 Å². The maximum atomic E-state index is 4.08. The summed E-state index contributed by atoms with van der Waals surface area (Å²) in [6, 6.07) is 17.0. The van der Waals surface area contributed by atoms with Gasteiger partial charge in [-0.15, -0.1) is 0 Å². The fraction of sp³-hybridized carbons (Fsp3) is 0.0769. The topological polar surface area (TPSA) is 4.93 Å². The summed E-state index contributed by atoms with van der Waals surface area (Å²) in [6.07, 6.45) is 14.2. The molecule has 0 bridgehead atoms. The van der Waals surface area contributed by atoms with E-state index in [0.29, 0.717) is 0 Å². The number of nitrogens with zero attached hydrogens (tertiary/aromatic N) is 1. The molecule has 0 spiro atoms. The monoisotopic (exact) mass is 351 g/mol. The molecule has 3 aromatic rings. The van der Waals surface area contributed by atoms with Crippen LogP contribution in [0.25, 0.3) is 34.3 Å². The van der Waals surface area contributed by atoms with E-state index in [1.165, 1.54) is 16.5 Å². The Kier molecular flexibility index (Phi) is 5.73. The summed E-state index contributed by atoms with van der Waals surface area (Å²) in [5.41, 5.74) is 6.85. The van der Waals surface area contributed by atoms with Gasteiger partial charge in [0.05, 0.1) is 11.2 Å². The minimum Gasteiger partial charge on any atom is -0.309 e. The molecule has 1 nitrogen and oxygen atoms in total. The van der Waals surface area contributed by atoms with Gasteiger partial charge in [0.2, 0.25) is 0 Å². The predicted molar refractivity (Wildman–Crippen MR) is 121 cm³/mol. The fourth-order valence-corrected chi connectivity index (χ4v) is 3.39. The SMILES string of the molecule is C=C/C(=C\C=C/C)c1ccc2c(c1)c(/C=C\C)c(C=C)n2-c1ccccc1. The molecular weight excluding hydrogens is 326 g/mol. The summed E-state index contributed by atoms with van der Waals surface area (Å²) in [5, 5.41) is 1.21. The number of benzene rings is 2. The molecule has 3 rings (SSSR count). The van der Waals surface area contributed by atoms with Gasteiger partial charge in [-0.2, -0.15) is 0 Å². The normalized spacial score (nSPS) is 12.3. The van der Waals surface area contributed by atoms with Gasteiger partial charge in [-0.05, 0) is 55.3 Å². The van der Waals surface area contributed by atoms with Crippen LogP contribution in [0.3, 0.4) is 0 Å². The van der Waals surface area contributed by atoms with Gasteiger partial charge in [0.25, 0.3) is 0 Å². The summed E-state index contributed by atoms with van der Waals surface area (Å²) in [7, 11) is 0. The maximum Gasteiger partial charge on any atom is 0.0541 e. The molecule has 2 aromatic carbocycles. The molecule has 1 heteroatoms. The number of hydrogen-bond acceptors (Lipinski definition) is 0. The van der Waals surface area contributed by atoms with Gasteiger partial charge in [0.15, 0.2) is 0 Å². The van der Waals surface area contributed by atoms with E-state index in [2.05, 4.69) is 78.4 Å². The molecule has 0 unspecified atom stereocenters. The van der Waals surface area contributed by atoms with E-state index < -0.39 is 0 Å². The van der Waals surface area contributed by atoms with Crippen molar-refractivity contribution in [3.05, 3.63) is 109 Å². The van der Waals surface area contributed by atoms with Crippen LogP contribution in [-0.4, -0.2) is 4.57 Å². The highest BCUT2D eigenvalue weighted by Gasteiger charge is 2.15. The Morgan fingerprint density at radius 1 is 0.963 bits per heavy atom. The van der Waals surface area contributed by atoms with Crippen LogP contribution in [-0.2, 0) is 0 Å². The Bertz CT molecular complexity index is 1060. The third-order valence-electron chi connectivity index (χ3n) is 4.61. The lowest BCUT2D eigenvalue weighted by molar-refractivity contribution is 1.11. The van der Waals surface area contributed by atoms with Crippen molar-refractivity contribution in [3.63, 3.8) is 0 Å². The lowest BCUT2D eigenvalue weighted by Gasteiger charge is -2.09. The molecule has 0 aliphatic carbocycles. The third-order valence-corrected chi connectivity index (χ3v) is 4.61. The summed E-state index contributed by atoms with van der Waals surface area (Å²) >= 11 is 0. The van der Waals surface area contributed by atoms with Crippen molar-refractivity contribution in [2.45, 2.75) is 13.8 Å². The number of hydrogen-bond donors (Lipinski definition) is 0. The molecule has 0 aliphatic heterocycles. The summed E-state index contributed by atoms with van der Waals surface area (Å²) in [4.78, 5) is 0. The van der Waals surface area contributed by atoms with Crippen molar-refractivity contribution < 1.29 is 0 Å². The highest BCUT2D eigenvalue weighted by atomic mass is 15.0. The van der Waals surface area contributed by atoms with Crippen molar-refractivity contribution in [1.82, 2.24) is 4.57 Å². The number of rotatable bonds is 6. The highest BCUT2D eigenvalue weighted by molar-refractivity contribution is 5.97. The molecule has 0 aliphatic rings. The highest BCUT2D eigenvalue weighted by Crippen LogP contribution is 2.33. The average Bonchev–Trinajstić information content (AvgIpc) is 3.02. The van der Waals surface area contributed by atoms with Crippen LogP contribution in [0, 0.1) is 0 Å². The van der Waals surface area contributed by atoms with Crippen LogP contribution in [0.5, 0.6) is 0 Å². The van der Waals surface area contributed by atoms with Gasteiger partial charge in [-0.1, -0.05) is 73.9 Å². The Balaban J connectivity index is 2.35. The van der Waals surface area contributed by atoms with E-state index in [4.69, 9.17) is 0 Å². The van der Waals surface area contributed by atoms with Crippen molar-refractivity contribution in [3.8, 4) is 5.69 Å². The Morgan fingerprint density at radius 2 is 1.74 bits per heavy atom. The summed E-state index contributed by atoms with van der Waals surface area (Å²) in [6.45, 7) is 12.1. The number of para-hydroxylation sites is 1. The second-order valence-corrected chi connectivity index (χ2v) is 6.26. The Morgan fingerprint density at radius 3 is 2.37 bits per heavy atom. The fourth-order valence-electron chi connectivity index (χ4n) is 3.39. The van der Waals surface area contributed by atoms with Crippen molar-refractivity contribution in [1.29, 1.82) is 0 Å². The summed E-state index contributed by atoms with van der Waals surface area (Å²) in [5.74, 6) is 0. The largest absolute Gasteiger partial charge is 0.309 e. The zero-order valence-electron chi connectivity index (χ0n) is 16.0. The Labute approximate surface area is 162 Å². The molecule has 134 valence electrons. The van der Waals surface area contributed by atoms with Crippen molar-refractivity contribution in [2.24, 2.45) is 0 Å². The standard InChI is InChI=1S/C26H25N/c1-5-9-14-20(7-3)21-17-18-26-24(19-21)23(13-6-2)25(8-4)27(26)22-15-11-10-12-16-22/h5-19H,3-4H2,1-2H3/b9-5-,13-6-,20-14+. The van der Waals surface area contributed by atoms with Crippen LogP contribution in [0.2, 0.25) is 0 Å². The van der Waals surface area contributed by atoms with E-state index in [-0.39, 0.29) is 0 Å². The minimum absolute atomic E-state index is 1.10. The first-order valence-corrected chi connectivity index (χ1v) is 9.20. The molecule has 0 fully saturated rings. The van der Waals surface area contributed by atoms with Gasteiger partial charge in [0, 0.05) is 16.6 Å². The zero-order valence-corrected chi connectivity index (χ0v) is 16.0. The average molecular weight is 351 g/mol. The molecule has 0 atom stereocenters. The molecule has 0 radical (unpaired) electrons. The second kappa shape index (κ2) is 8.37. The van der Waals surface area contributed by atoms with Gasteiger partial charge >= 0.3 is 0 Å². The van der Waals surface area contributed by atoms with E-state index in [1.54, 1.807) is 0 Å². The second-order valence-electron chi connectivity index (χ2n) is 6.26. The van der Waals surface area contributed by atoms with Crippen LogP contribution in [0.15, 0.2) is 92.1 Å². The lowest BCUT2D eigenvalue weighted by Crippen LogP contribution is -1.96. The minimum atomic E-state index is 1.10. The molecule has 0 amide bonds. The molecule has 0 saturated heterocycles. The third kappa shape index (κ3) is 3.50. The first-order chi connectivity index (χ1) is 13.2. The zero-order chi connectivity index (χ0) is 19.2. The van der Waals surface area contributed by atoms with Crippen molar-refractivity contribution in [2.75, 3.05) is 0 Å². The summed E-state index contributed by atoms with van der Waals surface area (Å²) < 4.78 is 2.27. The predicted octanol–water partition coefficient (Wildman–Crippen LogP) is 7.45. The Hall–Kier alpha value is -3.32. The van der Waals surface area contributed by atoms with E-state index in [9.17, 15) is 0 Å². The van der Waals surface area contributed by atoms with E-state index in [0.717, 1.165) is 22.5 Å². The molecular formula is C26H25N. The van der Waals surface area contributed by atoms with Crippen LogP contribution < -0.4 is 0 Å². The van der Waals surface area contributed by atoms with Crippen LogP contribution >= 0.6 is 0 Å². The molecule has 1 aromatic heterocycles. The van der Waals surface area contributed by atoms with Gasteiger partial charge in [-0.3, -0.25) is 0 Å². The molecule has 1 heterocycles. The molecule has 27 heavy (non-hydrogen) atoms. The first kappa shape index (κ1) is 18.5. The first-order valence-electron chi connectivity index (χ1n) is 9.20. The van der Waals surface area contributed by atoms with E-state index >= 15 is 0 Å². The molecule has 0 N–H and O–H groups in total. The molecule has 0 saturated carbocycles. The van der Waals surface area contributed by atoms with Gasteiger partial charge in [-0.25, -0.2) is 0 Å². The quantitative estimate of drug-likeness (QED) is 0.406. The number of fused-ring (bicyclic) bond motifs is 1. The van der Waals surface area contributed by atoms with Crippen LogP contribution in [0.1, 0.15) is 30.7 Å². The van der Waals surface area contributed by atoms with E-state index in [1.807, 2.05) is 44.2 Å². The number of allylic oxidation sites excluding steroid dienone is 6. The maximum absolute atomic E-state index is 4.08. The van der Waals surface area contributed by atoms with Gasteiger partial charge < -0.3 is 4.57 Å². The smallest absolute Gasteiger partial charge is 0.0541 e. The number of aromatic nitrogens is 1. The van der Waals surface area contributed by atoms with Crippen LogP contribution in [0.4, 0.5) is 0 Å².